The van der Waals surface area contributed by atoms with Gasteiger partial charge in [-0.25, -0.2) is 4.68 Å². The van der Waals surface area contributed by atoms with Crippen LogP contribution in [0.15, 0.2) is 60.8 Å². The van der Waals surface area contributed by atoms with Crippen LogP contribution in [-0.2, 0) is 0 Å². The molecule has 3 aromatic rings. The van der Waals surface area contributed by atoms with Gasteiger partial charge >= 0.3 is 0 Å². The predicted octanol–water partition coefficient (Wildman–Crippen LogP) is 4.68. The van der Waals surface area contributed by atoms with Crippen LogP contribution in [0.4, 0.5) is 0 Å². The summed E-state index contributed by atoms with van der Waals surface area (Å²) in [7, 11) is 4.03. The summed E-state index contributed by atoms with van der Waals surface area (Å²) in [5.74, 6) is 0.000704. The summed E-state index contributed by atoms with van der Waals surface area (Å²) in [6.45, 7) is 4.62. The van der Waals surface area contributed by atoms with E-state index in [1.54, 1.807) is 10.9 Å². The van der Waals surface area contributed by atoms with Crippen molar-refractivity contribution in [2.24, 2.45) is 0 Å². The number of halogens is 1. The summed E-state index contributed by atoms with van der Waals surface area (Å²) < 4.78 is 1.80. The van der Waals surface area contributed by atoms with E-state index >= 15 is 0 Å². The monoisotopic (exact) mass is 410 g/mol. The lowest BCUT2D eigenvalue weighted by atomic mass is 10.0. The topological polar surface area (TPSA) is 50.2 Å². The Morgan fingerprint density at radius 3 is 2.48 bits per heavy atom. The van der Waals surface area contributed by atoms with Crippen molar-refractivity contribution in [1.82, 2.24) is 20.0 Å². The molecule has 1 heterocycles. The second kappa shape index (κ2) is 9.25. The smallest absolute Gasteiger partial charge is 0.254 e. The number of hydrogen-bond donors (Lipinski definition) is 1. The fourth-order valence-corrected chi connectivity index (χ4v) is 3.64. The number of rotatable bonds is 7. The fraction of sp³-hybridized carbons (Fsp3) is 0.304. The lowest BCUT2D eigenvalue weighted by Gasteiger charge is -2.25. The number of carbonyl (C=O) groups is 1. The van der Waals surface area contributed by atoms with Crippen LogP contribution < -0.4 is 5.32 Å². The van der Waals surface area contributed by atoms with Gasteiger partial charge in [0.1, 0.15) is 0 Å². The highest BCUT2D eigenvalue weighted by atomic mass is 35.5. The van der Waals surface area contributed by atoms with Crippen molar-refractivity contribution >= 4 is 17.5 Å². The molecule has 3 rings (SSSR count). The molecule has 6 heteroatoms. The number of hydrogen-bond acceptors (Lipinski definition) is 3. The van der Waals surface area contributed by atoms with Crippen LogP contribution in [0.2, 0.25) is 5.02 Å². The number of benzene rings is 2. The molecule has 0 spiro atoms. The minimum atomic E-state index is -0.121. The molecule has 1 atom stereocenters. The molecule has 1 N–H and O–H groups in total. The van der Waals surface area contributed by atoms with E-state index in [0.717, 1.165) is 16.9 Å². The first-order chi connectivity index (χ1) is 13.9. The molecule has 1 unspecified atom stereocenters. The Hall–Kier alpha value is -2.63. The molecule has 29 heavy (non-hydrogen) atoms. The third-order valence-corrected chi connectivity index (χ3v) is 5.15. The van der Waals surface area contributed by atoms with Crippen LogP contribution in [-0.4, -0.2) is 41.2 Å². The largest absolute Gasteiger partial charge is 0.350 e. The Balaban J connectivity index is 1.84. The summed E-state index contributed by atoms with van der Waals surface area (Å²) in [6.07, 6.45) is 1.64. The SMILES string of the molecule is CC(C)c1c(C(=O)NCC(c2ccccc2)N(C)C)cnn1-c1cccc(Cl)c1. The molecule has 0 saturated heterocycles. The van der Waals surface area contributed by atoms with Gasteiger partial charge in [-0.3, -0.25) is 4.79 Å². The van der Waals surface area contributed by atoms with Gasteiger partial charge in [-0.1, -0.05) is 61.8 Å². The standard InChI is InChI=1S/C23H27ClN4O/c1-16(2)22-20(14-26-28(22)19-12-8-11-18(24)13-19)23(29)25-15-21(27(3)4)17-9-6-5-7-10-17/h5-14,16,21H,15H2,1-4H3,(H,25,29). The second-order valence-electron chi connectivity index (χ2n) is 7.59. The van der Waals surface area contributed by atoms with Crippen molar-refractivity contribution < 1.29 is 4.79 Å². The highest BCUT2D eigenvalue weighted by Crippen LogP contribution is 2.25. The molecule has 1 amide bonds. The van der Waals surface area contributed by atoms with Gasteiger partial charge in [0.25, 0.3) is 5.91 Å². The van der Waals surface area contributed by atoms with E-state index in [1.807, 2.05) is 56.6 Å². The van der Waals surface area contributed by atoms with Gasteiger partial charge in [0.2, 0.25) is 0 Å². The van der Waals surface area contributed by atoms with Crippen molar-refractivity contribution in [3.63, 3.8) is 0 Å². The normalized spacial score (nSPS) is 12.4. The van der Waals surface area contributed by atoms with E-state index in [9.17, 15) is 4.79 Å². The third kappa shape index (κ3) is 4.86. The lowest BCUT2D eigenvalue weighted by Crippen LogP contribution is -2.34. The number of aromatic nitrogens is 2. The second-order valence-corrected chi connectivity index (χ2v) is 8.03. The van der Waals surface area contributed by atoms with Crippen LogP contribution in [0.25, 0.3) is 5.69 Å². The summed E-state index contributed by atoms with van der Waals surface area (Å²) in [6, 6.07) is 17.7. The first-order valence-electron chi connectivity index (χ1n) is 9.72. The first kappa shape index (κ1) is 21.1. The van der Waals surface area contributed by atoms with Crippen LogP contribution in [0.1, 0.15) is 47.4 Å². The Bertz CT molecular complexity index is 966. The van der Waals surface area contributed by atoms with Crippen molar-refractivity contribution in [2.45, 2.75) is 25.8 Å². The molecule has 152 valence electrons. The van der Waals surface area contributed by atoms with E-state index in [2.05, 4.69) is 41.3 Å². The Kier molecular flexibility index (Phi) is 6.72. The highest BCUT2D eigenvalue weighted by molar-refractivity contribution is 6.30. The molecule has 2 aromatic carbocycles. The molecule has 0 aliphatic carbocycles. The van der Waals surface area contributed by atoms with Gasteiger partial charge in [-0.05, 0) is 43.8 Å². The van der Waals surface area contributed by atoms with Crippen LogP contribution in [0, 0.1) is 0 Å². The summed E-state index contributed by atoms with van der Waals surface area (Å²) in [4.78, 5) is 15.1. The molecule has 0 aliphatic heterocycles. The fourth-order valence-electron chi connectivity index (χ4n) is 3.46. The molecule has 0 aliphatic rings. The number of nitrogens with one attached hydrogen (secondary N) is 1. The Morgan fingerprint density at radius 2 is 1.86 bits per heavy atom. The van der Waals surface area contributed by atoms with Gasteiger partial charge in [0, 0.05) is 11.6 Å². The zero-order valence-electron chi connectivity index (χ0n) is 17.3. The van der Waals surface area contributed by atoms with Crippen molar-refractivity contribution in [3.8, 4) is 5.69 Å². The van der Waals surface area contributed by atoms with Gasteiger partial charge < -0.3 is 10.2 Å². The van der Waals surface area contributed by atoms with Crippen LogP contribution >= 0.6 is 11.6 Å². The summed E-state index contributed by atoms with van der Waals surface area (Å²) in [5, 5.41) is 8.20. The number of amides is 1. The van der Waals surface area contributed by atoms with Crippen molar-refractivity contribution in [3.05, 3.63) is 82.6 Å². The number of nitrogens with zero attached hydrogens (tertiary/aromatic N) is 3. The maximum atomic E-state index is 13.0. The van der Waals surface area contributed by atoms with E-state index < -0.39 is 0 Å². The first-order valence-corrected chi connectivity index (χ1v) is 10.1. The molecule has 5 nitrogen and oxygen atoms in total. The van der Waals surface area contributed by atoms with Gasteiger partial charge in [-0.15, -0.1) is 0 Å². The highest BCUT2D eigenvalue weighted by Gasteiger charge is 2.22. The van der Waals surface area contributed by atoms with Crippen molar-refractivity contribution in [2.75, 3.05) is 20.6 Å². The quantitative estimate of drug-likeness (QED) is 0.615. The van der Waals surface area contributed by atoms with Crippen LogP contribution in [0.5, 0.6) is 0 Å². The average molecular weight is 411 g/mol. The maximum Gasteiger partial charge on any atom is 0.254 e. The van der Waals surface area contributed by atoms with E-state index in [4.69, 9.17) is 11.6 Å². The molecular formula is C23H27ClN4O. The van der Waals surface area contributed by atoms with Gasteiger partial charge in [0.05, 0.1) is 29.2 Å². The van der Waals surface area contributed by atoms with Crippen molar-refractivity contribution in [1.29, 1.82) is 0 Å². The molecular weight excluding hydrogens is 384 g/mol. The van der Waals surface area contributed by atoms with Gasteiger partial charge in [-0.2, -0.15) is 5.10 Å². The summed E-state index contributed by atoms with van der Waals surface area (Å²) >= 11 is 6.14. The van der Waals surface area contributed by atoms with Gasteiger partial charge in [0.15, 0.2) is 0 Å². The van der Waals surface area contributed by atoms with Crippen LogP contribution in [0.3, 0.4) is 0 Å². The Morgan fingerprint density at radius 1 is 1.14 bits per heavy atom. The third-order valence-electron chi connectivity index (χ3n) is 4.91. The number of carbonyl (C=O) groups excluding carboxylic acids is 1. The molecule has 0 saturated carbocycles. The van der Waals surface area contributed by atoms with E-state index in [0.29, 0.717) is 17.1 Å². The molecule has 0 bridgehead atoms. The minimum absolute atomic E-state index is 0.0885. The minimum Gasteiger partial charge on any atom is -0.350 e. The van der Waals surface area contributed by atoms with E-state index in [-0.39, 0.29) is 17.9 Å². The average Bonchev–Trinajstić information content (AvgIpc) is 3.14. The summed E-state index contributed by atoms with van der Waals surface area (Å²) in [5.41, 5.74) is 3.46. The maximum absolute atomic E-state index is 13.0. The Labute approximate surface area is 177 Å². The molecule has 1 aromatic heterocycles. The number of likely N-dealkylation sites (N-methyl/N-ethyl adjacent to an activating group) is 1. The zero-order chi connectivity index (χ0) is 21.0. The zero-order valence-corrected chi connectivity index (χ0v) is 18.0. The lowest BCUT2D eigenvalue weighted by molar-refractivity contribution is 0.0940. The molecule has 0 radical (unpaired) electrons. The van der Waals surface area contributed by atoms with E-state index in [1.165, 1.54) is 0 Å². The molecule has 0 fully saturated rings. The predicted molar refractivity (Wildman–Crippen MR) is 118 cm³/mol.